The quantitative estimate of drug-likeness (QED) is 0.885. The number of ether oxygens (including phenoxy) is 1. The van der Waals surface area contributed by atoms with Gasteiger partial charge in [-0.2, -0.15) is 11.8 Å². The van der Waals surface area contributed by atoms with Crippen LogP contribution in [0.4, 0.5) is 0 Å². The predicted molar refractivity (Wildman–Crippen MR) is 84.1 cm³/mol. The molecule has 1 aromatic rings. The van der Waals surface area contributed by atoms with Gasteiger partial charge in [-0.3, -0.25) is 0 Å². The van der Waals surface area contributed by atoms with Crippen molar-refractivity contribution in [3.05, 3.63) is 28.8 Å². The van der Waals surface area contributed by atoms with Crippen LogP contribution in [0, 0.1) is 13.8 Å². The lowest BCUT2D eigenvalue weighted by molar-refractivity contribution is 0.403. The molecule has 3 heteroatoms. The van der Waals surface area contributed by atoms with E-state index in [2.05, 4.69) is 26.0 Å². The average Bonchev–Trinajstić information content (AvgIpc) is 2.92. The van der Waals surface area contributed by atoms with E-state index in [1.54, 1.807) is 7.11 Å². The van der Waals surface area contributed by atoms with Crippen molar-refractivity contribution >= 4 is 11.8 Å². The molecule has 0 saturated heterocycles. The molecule has 2 rings (SSSR count). The summed E-state index contributed by atoms with van der Waals surface area (Å²) in [6.45, 7) is 4.22. The molecule has 0 amide bonds. The number of hydrogen-bond donors (Lipinski definition) is 1. The lowest BCUT2D eigenvalue weighted by Crippen LogP contribution is -2.16. The molecule has 0 aliphatic heterocycles. The van der Waals surface area contributed by atoms with Crippen molar-refractivity contribution in [1.82, 2.24) is 0 Å². The van der Waals surface area contributed by atoms with E-state index in [1.807, 2.05) is 11.8 Å². The summed E-state index contributed by atoms with van der Waals surface area (Å²) in [7, 11) is 1.74. The van der Waals surface area contributed by atoms with Crippen LogP contribution in [0.3, 0.4) is 0 Å². The number of benzene rings is 1. The predicted octanol–water partition coefficient (Wildman–Crippen LogP) is 3.99. The van der Waals surface area contributed by atoms with Crippen molar-refractivity contribution in [3.63, 3.8) is 0 Å². The van der Waals surface area contributed by atoms with Crippen LogP contribution in [-0.4, -0.2) is 18.1 Å². The highest BCUT2D eigenvalue weighted by atomic mass is 32.2. The third-order valence-corrected chi connectivity index (χ3v) is 5.62. The molecule has 1 fully saturated rings. The molecule has 19 heavy (non-hydrogen) atoms. The number of rotatable bonds is 5. The van der Waals surface area contributed by atoms with Crippen LogP contribution in [0.1, 0.15) is 48.4 Å². The summed E-state index contributed by atoms with van der Waals surface area (Å²) in [5.41, 5.74) is 9.99. The largest absolute Gasteiger partial charge is 0.496 e. The minimum absolute atomic E-state index is 0.0693. The third-order valence-electron chi connectivity index (χ3n) is 4.12. The Bertz CT molecular complexity index is 427. The van der Waals surface area contributed by atoms with Gasteiger partial charge in [0.2, 0.25) is 0 Å². The molecule has 1 saturated carbocycles. The van der Waals surface area contributed by atoms with Gasteiger partial charge in [0.25, 0.3) is 0 Å². The Kier molecular flexibility index (Phi) is 5.17. The van der Waals surface area contributed by atoms with E-state index in [1.165, 1.54) is 36.8 Å². The number of thioether (sulfide) groups is 1. The number of hydrogen-bond acceptors (Lipinski definition) is 3. The molecule has 2 N–H and O–H groups in total. The van der Waals surface area contributed by atoms with Gasteiger partial charge >= 0.3 is 0 Å². The normalized spacial score (nSPS) is 17.7. The molecular formula is C16H25NOS. The number of aryl methyl sites for hydroxylation is 1. The Morgan fingerprint density at radius 1 is 1.32 bits per heavy atom. The van der Waals surface area contributed by atoms with Gasteiger partial charge in [0.15, 0.2) is 0 Å². The third kappa shape index (κ3) is 3.46. The summed E-state index contributed by atoms with van der Waals surface area (Å²) in [4.78, 5) is 0. The first-order valence-electron chi connectivity index (χ1n) is 7.14. The summed E-state index contributed by atoms with van der Waals surface area (Å²) >= 11 is 2.04. The van der Waals surface area contributed by atoms with Gasteiger partial charge in [-0.1, -0.05) is 25.0 Å². The van der Waals surface area contributed by atoms with Crippen molar-refractivity contribution in [2.24, 2.45) is 5.73 Å². The van der Waals surface area contributed by atoms with Crippen LogP contribution in [0.25, 0.3) is 0 Å². The van der Waals surface area contributed by atoms with Crippen molar-refractivity contribution < 1.29 is 4.74 Å². The average molecular weight is 279 g/mol. The standard InChI is InChI=1S/C16H25NOS/c1-11-8-9-14(16(18-3)12(11)2)15(17)10-19-13-6-4-5-7-13/h8-9,13,15H,4-7,10,17H2,1-3H3. The summed E-state index contributed by atoms with van der Waals surface area (Å²) in [5.74, 6) is 1.96. The Morgan fingerprint density at radius 3 is 2.63 bits per heavy atom. The number of nitrogens with two attached hydrogens (primary N) is 1. The maximum atomic E-state index is 6.37. The first-order valence-corrected chi connectivity index (χ1v) is 8.19. The van der Waals surface area contributed by atoms with Crippen molar-refractivity contribution in [2.45, 2.75) is 50.8 Å². The molecule has 0 heterocycles. The van der Waals surface area contributed by atoms with Crippen molar-refractivity contribution in [2.75, 3.05) is 12.9 Å². The van der Waals surface area contributed by atoms with E-state index in [0.717, 1.165) is 22.3 Å². The van der Waals surface area contributed by atoms with Gasteiger partial charge < -0.3 is 10.5 Å². The van der Waals surface area contributed by atoms with E-state index in [0.29, 0.717) is 0 Å². The highest BCUT2D eigenvalue weighted by molar-refractivity contribution is 7.99. The Hall–Kier alpha value is -0.670. The van der Waals surface area contributed by atoms with Crippen LogP contribution in [-0.2, 0) is 0 Å². The molecule has 1 atom stereocenters. The van der Waals surface area contributed by atoms with E-state index in [-0.39, 0.29) is 6.04 Å². The molecule has 1 aliphatic rings. The molecule has 1 aliphatic carbocycles. The fourth-order valence-corrected chi connectivity index (χ4v) is 4.08. The maximum absolute atomic E-state index is 6.37. The lowest BCUT2D eigenvalue weighted by Gasteiger charge is -2.19. The van der Waals surface area contributed by atoms with Crippen molar-refractivity contribution in [3.8, 4) is 5.75 Å². The molecule has 0 aromatic heterocycles. The van der Waals surface area contributed by atoms with Crippen LogP contribution in [0.5, 0.6) is 5.75 Å². The first kappa shape index (κ1) is 14.7. The van der Waals surface area contributed by atoms with Crippen LogP contribution in [0.2, 0.25) is 0 Å². The summed E-state index contributed by atoms with van der Waals surface area (Å²) in [5, 5.41) is 0.823. The molecule has 1 unspecified atom stereocenters. The Morgan fingerprint density at radius 2 is 2.00 bits per heavy atom. The zero-order valence-electron chi connectivity index (χ0n) is 12.2. The maximum Gasteiger partial charge on any atom is 0.126 e. The second-order valence-corrected chi connectivity index (χ2v) is 6.81. The molecule has 106 valence electrons. The Labute approximate surface area is 121 Å². The van der Waals surface area contributed by atoms with Gasteiger partial charge in [-0.25, -0.2) is 0 Å². The monoisotopic (exact) mass is 279 g/mol. The van der Waals surface area contributed by atoms with Gasteiger partial charge in [-0.05, 0) is 37.8 Å². The van der Waals surface area contributed by atoms with Gasteiger partial charge in [0.05, 0.1) is 7.11 Å². The smallest absolute Gasteiger partial charge is 0.126 e. The minimum Gasteiger partial charge on any atom is -0.496 e. The van der Waals surface area contributed by atoms with Gasteiger partial charge in [-0.15, -0.1) is 0 Å². The van der Waals surface area contributed by atoms with Gasteiger partial charge in [0.1, 0.15) is 5.75 Å². The summed E-state index contributed by atoms with van der Waals surface area (Å²) in [6.07, 6.45) is 5.50. The van der Waals surface area contributed by atoms with E-state index in [4.69, 9.17) is 10.5 Å². The van der Waals surface area contributed by atoms with Crippen LogP contribution >= 0.6 is 11.8 Å². The van der Waals surface area contributed by atoms with E-state index in [9.17, 15) is 0 Å². The van der Waals surface area contributed by atoms with E-state index < -0.39 is 0 Å². The van der Waals surface area contributed by atoms with Gasteiger partial charge in [0, 0.05) is 22.6 Å². The molecule has 1 aromatic carbocycles. The summed E-state index contributed by atoms with van der Waals surface area (Å²) in [6, 6.07) is 4.34. The zero-order valence-corrected chi connectivity index (χ0v) is 13.1. The second kappa shape index (κ2) is 6.67. The highest BCUT2D eigenvalue weighted by Crippen LogP contribution is 2.35. The SMILES string of the molecule is COc1c(C(N)CSC2CCCC2)ccc(C)c1C. The zero-order chi connectivity index (χ0) is 13.8. The van der Waals surface area contributed by atoms with Crippen LogP contribution in [0.15, 0.2) is 12.1 Å². The fourth-order valence-electron chi connectivity index (χ4n) is 2.76. The molecule has 0 bridgehead atoms. The molecular weight excluding hydrogens is 254 g/mol. The fraction of sp³-hybridized carbons (Fsp3) is 0.625. The lowest BCUT2D eigenvalue weighted by atomic mass is 10.0. The van der Waals surface area contributed by atoms with Crippen LogP contribution < -0.4 is 10.5 Å². The second-order valence-electron chi connectivity index (χ2n) is 5.48. The highest BCUT2D eigenvalue weighted by Gasteiger charge is 2.19. The molecule has 0 radical (unpaired) electrons. The minimum atomic E-state index is 0.0693. The topological polar surface area (TPSA) is 35.2 Å². The number of methoxy groups -OCH3 is 1. The molecule has 2 nitrogen and oxygen atoms in total. The Balaban J connectivity index is 2.05. The van der Waals surface area contributed by atoms with E-state index >= 15 is 0 Å². The molecule has 0 spiro atoms. The van der Waals surface area contributed by atoms with Crippen molar-refractivity contribution in [1.29, 1.82) is 0 Å². The first-order chi connectivity index (χ1) is 9.13. The summed E-state index contributed by atoms with van der Waals surface area (Å²) < 4.78 is 5.56.